The first kappa shape index (κ1) is 16.1. The van der Waals surface area contributed by atoms with E-state index >= 15 is 0 Å². The minimum atomic E-state index is -1.75. The molecule has 0 saturated carbocycles. The molecule has 0 rings (SSSR count). The van der Waals surface area contributed by atoms with E-state index in [1.54, 1.807) is 0 Å². The Hall–Kier alpha value is 0.205. The molecular formula is HN2O6Rb. The van der Waals surface area contributed by atoms with Gasteiger partial charge in [-0.15, -0.1) is 0 Å². The molecule has 0 aromatic rings. The summed E-state index contributed by atoms with van der Waals surface area (Å²) < 4.78 is 0. The summed E-state index contributed by atoms with van der Waals surface area (Å²) in [4.78, 5) is 16.5. The molecule has 0 unspecified atom stereocenters. The molecule has 0 amide bonds. The first-order valence-electron chi connectivity index (χ1n) is 1.10. The summed E-state index contributed by atoms with van der Waals surface area (Å²) in [7, 11) is 0. The van der Waals surface area contributed by atoms with Gasteiger partial charge in [0.1, 0.15) is 0 Å². The van der Waals surface area contributed by atoms with Crippen LogP contribution in [0.3, 0.4) is 0 Å². The van der Waals surface area contributed by atoms with Crippen molar-refractivity contribution in [3.8, 4) is 0 Å². The molecule has 0 aromatic heterocycles. The van der Waals surface area contributed by atoms with Crippen LogP contribution in [0.25, 0.3) is 0 Å². The van der Waals surface area contributed by atoms with E-state index < -0.39 is 10.2 Å². The summed E-state index contributed by atoms with van der Waals surface area (Å²) in [6.45, 7) is 0. The Bertz CT molecular complexity index is 73.7. The van der Waals surface area contributed by atoms with Crippen LogP contribution in [0.5, 0.6) is 0 Å². The summed E-state index contributed by atoms with van der Waals surface area (Å²) in [6.07, 6.45) is 0. The largest absolute Gasteiger partial charge is 1.00 e. The van der Waals surface area contributed by atoms with E-state index in [1.165, 1.54) is 0 Å². The van der Waals surface area contributed by atoms with E-state index in [2.05, 4.69) is 0 Å². The van der Waals surface area contributed by atoms with E-state index in [1.807, 2.05) is 0 Å². The molecule has 0 bridgehead atoms. The minimum absolute atomic E-state index is 0. The number of nitrogens with zero attached hydrogens (tertiary/aromatic N) is 2. The fourth-order valence-electron chi connectivity index (χ4n) is 0. The maximum absolute atomic E-state index is 8.25. The molecule has 0 radical (unpaired) electrons. The average Bonchev–Trinajstić information content (AvgIpc) is 1.25. The summed E-state index contributed by atoms with van der Waals surface area (Å²) in [5.74, 6) is 0. The van der Waals surface area contributed by atoms with Gasteiger partial charge in [-0.2, -0.15) is 0 Å². The Morgan fingerprint density at radius 1 is 0.889 bits per heavy atom. The summed E-state index contributed by atoms with van der Waals surface area (Å²) in [5.41, 5.74) is 0. The molecule has 48 valence electrons. The standard InChI is InChI=1S/2NO3.Rb/c2*2-1(3)4;/q2*-1;+1/p+1. The molecule has 0 N–H and O–H groups in total. The van der Waals surface area contributed by atoms with Crippen LogP contribution in [-0.2, 0) is 0 Å². The second-order valence-corrected chi connectivity index (χ2v) is 0.447. The van der Waals surface area contributed by atoms with Gasteiger partial charge in [-0.3, -0.25) is 0 Å². The van der Waals surface area contributed by atoms with Gasteiger partial charge in [-0.05, 0) is 0 Å². The maximum Gasteiger partial charge on any atom is 1.00 e. The third-order valence-electron chi connectivity index (χ3n) is 0. The molecule has 8 nitrogen and oxygen atoms in total. The third-order valence-corrected chi connectivity index (χ3v) is 0. The van der Waals surface area contributed by atoms with Gasteiger partial charge in [-0.1, -0.05) is 0 Å². The van der Waals surface area contributed by atoms with E-state index in [4.69, 9.17) is 30.6 Å². The van der Waals surface area contributed by atoms with Gasteiger partial charge in [0.25, 0.3) is 0 Å². The zero-order valence-electron chi connectivity index (χ0n) is 5.34. The van der Waals surface area contributed by atoms with Crippen LogP contribution < -0.4 is 58.2 Å². The number of rotatable bonds is 0. The van der Waals surface area contributed by atoms with Crippen molar-refractivity contribution in [2.75, 3.05) is 0 Å². The Labute approximate surface area is 99.0 Å². The van der Waals surface area contributed by atoms with Crippen LogP contribution in [0.2, 0.25) is 0 Å². The first-order chi connectivity index (χ1) is 3.46. The van der Waals surface area contributed by atoms with Crippen LogP contribution in [-0.4, -0.2) is 10.2 Å². The van der Waals surface area contributed by atoms with E-state index in [-0.39, 0.29) is 59.6 Å². The minimum Gasteiger partial charge on any atom is -0.356 e. The van der Waals surface area contributed by atoms with Gasteiger partial charge < -0.3 is 30.6 Å². The molecule has 9 heteroatoms. The van der Waals surface area contributed by atoms with Crippen LogP contribution >= 0.6 is 0 Å². The van der Waals surface area contributed by atoms with Gasteiger partial charge in [0.15, 0.2) is 0 Å². The molecule has 0 spiro atoms. The average molecular weight is 210 g/mol. The first-order valence-corrected chi connectivity index (χ1v) is 1.10. The van der Waals surface area contributed by atoms with Crippen molar-refractivity contribution in [2.45, 2.75) is 0 Å². The quantitative estimate of drug-likeness (QED) is 0.303. The molecule has 0 aliphatic carbocycles. The Morgan fingerprint density at radius 3 is 0.889 bits per heavy atom. The smallest absolute Gasteiger partial charge is 0.356 e. The second kappa shape index (κ2) is 11.1. The molecule has 0 saturated heterocycles. The van der Waals surface area contributed by atoms with Crippen LogP contribution in [0.15, 0.2) is 0 Å². The van der Waals surface area contributed by atoms with Crippen molar-refractivity contribution in [3.63, 3.8) is 0 Å². The fraction of sp³-hybridized carbons (Fsp3) is 0. The van der Waals surface area contributed by atoms with Gasteiger partial charge in [0.05, 0.1) is 10.2 Å². The van der Waals surface area contributed by atoms with Crippen molar-refractivity contribution >= 4 is 0 Å². The monoisotopic (exact) mass is 210 g/mol. The Kier molecular flexibility index (Phi) is 19.8. The zero-order valence-corrected chi connectivity index (χ0v) is 9.26. The molecule has 0 atom stereocenters. The second-order valence-electron chi connectivity index (χ2n) is 0.447. The molecule has 0 aromatic carbocycles. The van der Waals surface area contributed by atoms with Gasteiger partial charge in [0.2, 0.25) is 0 Å². The summed E-state index contributed by atoms with van der Waals surface area (Å²) in [6, 6.07) is 0. The van der Waals surface area contributed by atoms with Gasteiger partial charge in [-0.25, -0.2) is 0 Å². The van der Waals surface area contributed by atoms with Gasteiger partial charge in [0, 0.05) is 0 Å². The Morgan fingerprint density at radius 2 is 0.889 bits per heavy atom. The normalized spacial score (nSPS) is 5.33. The van der Waals surface area contributed by atoms with Crippen molar-refractivity contribution in [1.82, 2.24) is 0 Å². The van der Waals surface area contributed by atoms with Crippen LogP contribution in [0.4, 0.5) is 0 Å². The van der Waals surface area contributed by atoms with Crippen molar-refractivity contribution < 1.29 is 69.8 Å². The topological polar surface area (TPSA) is 132 Å². The maximum atomic E-state index is 8.25. The van der Waals surface area contributed by atoms with Gasteiger partial charge >= 0.3 is 59.6 Å². The summed E-state index contributed by atoms with van der Waals surface area (Å²) >= 11 is 0. The van der Waals surface area contributed by atoms with Crippen LogP contribution in [0.1, 0.15) is 1.43 Å². The predicted molar refractivity (Wildman–Crippen MR) is 21.8 cm³/mol. The molecule has 9 heavy (non-hydrogen) atoms. The van der Waals surface area contributed by atoms with E-state index in [9.17, 15) is 0 Å². The SMILES string of the molecule is O=[N+]([O-])[O-].O=[N+]([O-])[O-].[H+].[Rb+]. The van der Waals surface area contributed by atoms with Crippen molar-refractivity contribution in [1.29, 1.82) is 0 Å². The van der Waals surface area contributed by atoms with E-state index in [0.717, 1.165) is 0 Å². The zero-order chi connectivity index (χ0) is 7.15. The predicted octanol–water partition coefficient (Wildman–Crippen LogP) is -3.36. The Balaban J connectivity index is -0.0000000300. The fourth-order valence-corrected chi connectivity index (χ4v) is 0. The molecular weight excluding hydrogens is 209 g/mol. The third kappa shape index (κ3) is 7500. The van der Waals surface area contributed by atoms with Crippen LogP contribution in [0, 0.1) is 30.6 Å². The van der Waals surface area contributed by atoms with Crippen molar-refractivity contribution in [2.24, 2.45) is 0 Å². The molecule has 0 heterocycles. The molecule has 0 fully saturated rings. The molecule has 0 aliphatic rings. The van der Waals surface area contributed by atoms with E-state index in [0.29, 0.717) is 0 Å². The summed E-state index contributed by atoms with van der Waals surface area (Å²) in [5, 5.41) is 29.5. The number of hydrogen-bond acceptors (Lipinski definition) is 6. The van der Waals surface area contributed by atoms with Crippen molar-refractivity contribution in [3.05, 3.63) is 30.6 Å². The number of hydrogen-bond donors (Lipinski definition) is 0. The molecule has 0 aliphatic heterocycles.